The fraction of sp³-hybridized carbons (Fsp3) is 0.269. The Kier molecular flexibility index (Phi) is 8.09. The number of carbonyl (C=O) groups is 1. The van der Waals surface area contributed by atoms with E-state index in [9.17, 15) is 9.59 Å². The van der Waals surface area contributed by atoms with Crippen LogP contribution in [0.3, 0.4) is 0 Å². The van der Waals surface area contributed by atoms with Crippen LogP contribution in [0.5, 0.6) is 5.75 Å². The number of esters is 1. The van der Waals surface area contributed by atoms with Gasteiger partial charge >= 0.3 is 5.97 Å². The molecule has 0 bridgehead atoms. The molecule has 10 heteroatoms. The summed E-state index contributed by atoms with van der Waals surface area (Å²) in [5.41, 5.74) is 1.69. The summed E-state index contributed by atoms with van der Waals surface area (Å²) in [6, 6.07) is 9.83. The van der Waals surface area contributed by atoms with E-state index in [1.165, 1.54) is 15.9 Å². The van der Waals surface area contributed by atoms with Crippen LogP contribution in [0.1, 0.15) is 44.9 Å². The number of hydrogen-bond donors (Lipinski definition) is 0. The number of carbonyl (C=O) groups excluding carboxylic acids is 1. The molecule has 6 nitrogen and oxygen atoms in total. The first-order chi connectivity index (χ1) is 17.1. The number of nitrogens with zero attached hydrogens (tertiary/aromatic N) is 2. The molecule has 3 aromatic rings. The maximum Gasteiger partial charge on any atom is 0.338 e. The van der Waals surface area contributed by atoms with Gasteiger partial charge < -0.3 is 9.47 Å². The van der Waals surface area contributed by atoms with Crippen molar-refractivity contribution in [2.45, 2.75) is 39.8 Å². The summed E-state index contributed by atoms with van der Waals surface area (Å²) < 4.78 is 13.9. The third-order valence-corrected chi connectivity index (χ3v) is 7.53. The number of allylic oxidation sites excluding steroid dienone is 1. The number of halogens is 3. The number of rotatable bonds is 6. The molecular formula is C26H23BrCl2N2O4S. The van der Waals surface area contributed by atoms with E-state index in [1.807, 2.05) is 19.9 Å². The molecule has 0 aliphatic carbocycles. The largest absolute Gasteiger partial charge is 0.489 e. The molecule has 1 atom stereocenters. The fourth-order valence-electron chi connectivity index (χ4n) is 3.97. The molecule has 0 fully saturated rings. The van der Waals surface area contributed by atoms with Crippen molar-refractivity contribution in [2.75, 3.05) is 6.61 Å². The van der Waals surface area contributed by atoms with E-state index in [-0.39, 0.29) is 23.8 Å². The highest BCUT2D eigenvalue weighted by Gasteiger charge is 2.34. The SMILES string of the molecule is CCOC(=O)C1=C(C)N=c2s/c(=C\c3cc(Cl)cc(Br)c3OC(C)C)c(=O)n2[C@H]1c1ccccc1Cl. The number of aromatic nitrogens is 1. The summed E-state index contributed by atoms with van der Waals surface area (Å²) in [4.78, 5) is 31.9. The second-order valence-electron chi connectivity index (χ2n) is 8.30. The zero-order chi connectivity index (χ0) is 26.1. The van der Waals surface area contributed by atoms with Crippen LogP contribution in [0.25, 0.3) is 6.08 Å². The van der Waals surface area contributed by atoms with Crippen LogP contribution in [-0.4, -0.2) is 23.2 Å². The lowest BCUT2D eigenvalue weighted by molar-refractivity contribution is -0.139. The van der Waals surface area contributed by atoms with Crippen LogP contribution in [0.4, 0.5) is 0 Å². The predicted molar refractivity (Wildman–Crippen MR) is 147 cm³/mol. The van der Waals surface area contributed by atoms with E-state index in [2.05, 4.69) is 20.9 Å². The van der Waals surface area contributed by atoms with Crippen molar-refractivity contribution in [2.24, 2.45) is 4.99 Å². The Morgan fingerprint density at radius 3 is 2.67 bits per heavy atom. The van der Waals surface area contributed by atoms with Crippen LogP contribution < -0.4 is 19.6 Å². The molecule has 0 spiro atoms. The van der Waals surface area contributed by atoms with Crippen LogP contribution >= 0.6 is 50.5 Å². The van der Waals surface area contributed by atoms with Gasteiger partial charge in [-0.3, -0.25) is 9.36 Å². The number of benzene rings is 2. The van der Waals surface area contributed by atoms with Gasteiger partial charge in [0.15, 0.2) is 4.80 Å². The molecule has 1 aliphatic heterocycles. The Hall–Kier alpha value is -2.39. The molecule has 0 amide bonds. The molecule has 36 heavy (non-hydrogen) atoms. The maximum absolute atomic E-state index is 13.8. The smallest absolute Gasteiger partial charge is 0.338 e. The molecule has 2 aromatic carbocycles. The van der Waals surface area contributed by atoms with Gasteiger partial charge in [-0.2, -0.15) is 0 Å². The van der Waals surface area contributed by atoms with E-state index in [0.717, 1.165) is 0 Å². The van der Waals surface area contributed by atoms with Gasteiger partial charge in [-0.05, 0) is 73.5 Å². The van der Waals surface area contributed by atoms with Crippen molar-refractivity contribution in [3.63, 3.8) is 0 Å². The Morgan fingerprint density at radius 1 is 1.28 bits per heavy atom. The topological polar surface area (TPSA) is 69.9 Å². The van der Waals surface area contributed by atoms with Crippen molar-refractivity contribution < 1.29 is 14.3 Å². The molecule has 2 heterocycles. The summed E-state index contributed by atoms with van der Waals surface area (Å²) in [6.45, 7) is 7.49. The first-order valence-corrected chi connectivity index (χ1v) is 13.6. The van der Waals surface area contributed by atoms with E-state index in [4.69, 9.17) is 32.7 Å². The molecule has 0 unspecified atom stereocenters. The minimum atomic E-state index is -0.784. The lowest BCUT2D eigenvalue weighted by Gasteiger charge is -2.25. The fourth-order valence-corrected chi connectivity index (χ4v) is 6.18. The maximum atomic E-state index is 13.8. The van der Waals surface area contributed by atoms with Gasteiger partial charge in [-0.1, -0.05) is 52.7 Å². The number of ether oxygens (including phenoxy) is 2. The molecule has 1 aromatic heterocycles. The minimum Gasteiger partial charge on any atom is -0.489 e. The average Bonchev–Trinajstić information content (AvgIpc) is 3.10. The summed E-state index contributed by atoms with van der Waals surface area (Å²) >= 11 is 17.6. The van der Waals surface area contributed by atoms with Gasteiger partial charge in [-0.15, -0.1) is 0 Å². The average molecular weight is 610 g/mol. The van der Waals surface area contributed by atoms with Crippen molar-refractivity contribution in [3.8, 4) is 5.75 Å². The summed E-state index contributed by atoms with van der Waals surface area (Å²) in [6.07, 6.45) is 1.64. The normalized spacial score (nSPS) is 15.7. The number of hydrogen-bond acceptors (Lipinski definition) is 6. The highest BCUT2D eigenvalue weighted by Crippen LogP contribution is 2.35. The summed E-state index contributed by atoms with van der Waals surface area (Å²) in [5.74, 6) is 0.0376. The first kappa shape index (κ1) is 26.7. The predicted octanol–water partition coefficient (Wildman–Crippen LogP) is 5.65. The Bertz CT molecular complexity index is 1560. The third-order valence-electron chi connectivity index (χ3n) is 5.39. The van der Waals surface area contributed by atoms with E-state index in [1.54, 1.807) is 50.3 Å². The van der Waals surface area contributed by atoms with Crippen molar-refractivity contribution in [3.05, 3.63) is 93.0 Å². The second-order valence-corrected chi connectivity index (χ2v) is 11.0. The quantitative estimate of drug-likeness (QED) is 0.339. The van der Waals surface area contributed by atoms with Gasteiger partial charge in [0.2, 0.25) is 0 Å². The van der Waals surface area contributed by atoms with Crippen LogP contribution in [0, 0.1) is 0 Å². The van der Waals surface area contributed by atoms with Crippen molar-refractivity contribution >= 4 is 62.5 Å². The van der Waals surface area contributed by atoms with Gasteiger partial charge in [0.05, 0.1) is 33.0 Å². The Labute approximate surface area is 230 Å². The molecule has 0 N–H and O–H groups in total. The lowest BCUT2D eigenvalue weighted by Crippen LogP contribution is -2.40. The van der Waals surface area contributed by atoms with Gasteiger partial charge in [-0.25, -0.2) is 9.79 Å². The zero-order valence-electron chi connectivity index (χ0n) is 20.0. The van der Waals surface area contributed by atoms with Crippen LogP contribution in [-0.2, 0) is 9.53 Å². The Morgan fingerprint density at radius 2 is 2.00 bits per heavy atom. The van der Waals surface area contributed by atoms with E-state index < -0.39 is 12.0 Å². The van der Waals surface area contributed by atoms with Gasteiger partial charge in [0.25, 0.3) is 5.56 Å². The highest BCUT2D eigenvalue weighted by molar-refractivity contribution is 9.10. The zero-order valence-corrected chi connectivity index (χ0v) is 23.9. The van der Waals surface area contributed by atoms with E-state index in [0.29, 0.717) is 46.4 Å². The summed E-state index contributed by atoms with van der Waals surface area (Å²) in [5, 5.41) is 0.923. The lowest BCUT2D eigenvalue weighted by atomic mass is 9.96. The van der Waals surface area contributed by atoms with E-state index >= 15 is 0 Å². The van der Waals surface area contributed by atoms with Crippen LogP contribution in [0.2, 0.25) is 10.0 Å². The molecular weight excluding hydrogens is 587 g/mol. The molecule has 188 valence electrons. The van der Waals surface area contributed by atoms with Crippen molar-refractivity contribution in [1.82, 2.24) is 4.57 Å². The monoisotopic (exact) mass is 608 g/mol. The van der Waals surface area contributed by atoms with Crippen LogP contribution in [0.15, 0.2) is 61.9 Å². The highest BCUT2D eigenvalue weighted by atomic mass is 79.9. The second kappa shape index (κ2) is 10.9. The standard InChI is InChI=1S/C26H23BrCl2N2O4S/c1-5-34-25(33)21-14(4)30-26-31(22(21)17-8-6-7-9-19(17)29)24(32)20(36-26)11-15-10-16(28)12-18(27)23(15)35-13(2)3/h6-13,22H,5H2,1-4H3/b20-11-/t22-/m0/s1. The van der Waals surface area contributed by atoms with Gasteiger partial charge in [0, 0.05) is 15.6 Å². The molecule has 0 saturated heterocycles. The summed E-state index contributed by atoms with van der Waals surface area (Å²) in [7, 11) is 0. The number of fused-ring (bicyclic) bond motifs is 1. The molecule has 0 saturated carbocycles. The Balaban J connectivity index is 1.99. The van der Waals surface area contributed by atoms with Gasteiger partial charge in [0.1, 0.15) is 11.8 Å². The molecule has 4 rings (SSSR count). The third kappa shape index (κ3) is 5.18. The first-order valence-electron chi connectivity index (χ1n) is 11.2. The van der Waals surface area contributed by atoms with Crippen molar-refractivity contribution in [1.29, 1.82) is 0 Å². The molecule has 0 radical (unpaired) electrons. The molecule has 1 aliphatic rings. The minimum absolute atomic E-state index is 0.0918. The number of thiazole rings is 1.